The number of ketones is 1. The van der Waals surface area contributed by atoms with Crippen LogP contribution in [0.4, 0.5) is 5.69 Å². The number of carbonyl (C=O) groups excluding carboxylic acids is 1. The second kappa shape index (κ2) is 4.75. The van der Waals surface area contributed by atoms with Crippen LogP contribution in [0, 0.1) is 10.1 Å². The third-order valence-corrected chi connectivity index (χ3v) is 3.00. The number of rotatable bonds is 3. The number of Topliss-reactive ketones (excluding diaryl/α,β-unsaturated/α-hetero) is 1. The van der Waals surface area contributed by atoms with E-state index in [0.29, 0.717) is 0 Å². The zero-order valence-electron chi connectivity index (χ0n) is 9.89. The van der Waals surface area contributed by atoms with Gasteiger partial charge >= 0.3 is 0 Å². The fraction of sp³-hybridized carbons (Fsp3) is 0.154. The molecule has 2 unspecified atom stereocenters. The number of hydrogen-bond acceptors (Lipinski definition) is 5. The number of nitro groups is 1. The van der Waals surface area contributed by atoms with Crippen molar-refractivity contribution in [3.05, 3.63) is 64.2 Å². The predicted octanol–water partition coefficient (Wildman–Crippen LogP) is 0.962. The van der Waals surface area contributed by atoms with Crippen LogP contribution in [0.1, 0.15) is 10.4 Å². The van der Waals surface area contributed by atoms with Crippen LogP contribution >= 0.6 is 0 Å². The molecule has 1 aromatic carbocycles. The van der Waals surface area contributed by atoms with Crippen molar-refractivity contribution in [2.75, 3.05) is 0 Å². The molecule has 2 atom stereocenters. The summed E-state index contributed by atoms with van der Waals surface area (Å²) in [6, 6.07) is 5.11. The Balaban J connectivity index is 2.31. The maximum Gasteiger partial charge on any atom is 0.269 e. The average Bonchev–Trinajstić information content (AvgIpc) is 2.41. The Morgan fingerprint density at radius 3 is 2.47 bits per heavy atom. The minimum atomic E-state index is -1.54. The molecule has 0 aromatic heterocycles. The summed E-state index contributed by atoms with van der Waals surface area (Å²) in [6.07, 6.45) is 4.89. The lowest BCUT2D eigenvalue weighted by Crippen LogP contribution is -2.55. The molecule has 0 heterocycles. The molecule has 1 aliphatic rings. The molecule has 98 valence electrons. The normalized spacial score (nSPS) is 25.3. The summed E-state index contributed by atoms with van der Waals surface area (Å²) in [5.74, 6) is -0.490. The first-order valence-corrected chi connectivity index (χ1v) is 5.57. The van der Waals surface area contributed by atoms with Crippen LogP contribution < -0.4 is 5.73 Å². The Labute approximate surface area is 109 Å². The van der Waals surface area contributed by atoms with E-state index in [0.717, 1.165) is 0 Å². The van der Waals surface area contributed by atoms with Crippen molar-refractivity contribution in [3.63, 3.8) is 0 Å². The highest BCUT2D eigenvalue weighted by molar-refractivity contribution is 6.05. The highest BCUT2D eigenvalue weighted by Gasteiger charge is 2.39. The molecule has 2 rings (SSSR count). The van der Waals surface area contributed by atoms with Crippen molar-refractivity contribution in [2.45, 2.75) is 11.6 Å². The van der Waals surface area contributed by atoms with Gasteiger partial charge in [0.05, 0.1) is 4.92 Å². The standard InChI is InChI=1S/C13H12N2O4/c14-13(8-2-1-3-11(13)16)12(17)9-4-6-10(7-5-9)15(18)19/h1-8,11,16H,14H2. The third-order valence-electron chi connectivity index (χ3n) is 3.00. The van der Waals surface area contributed by atoms with Crippen LogP contribution in [0.25, 0.3) is 0 Å². The molecule has 6 nitrogen and oxygen atoms in total. The Hall–Kier alpha value is -2.31. The highest BCUT2D eigenvalue weighted by Crippen LogP contribution is 2.22. The van der Waals surface area contributed by atoms with Gasteiger partial charge in [-0.2, -0.15) is 0 Å². The quantitative estimate of drug-likeness (QED) is 0.478. The molecule has 0 saturated heterocycles. The minimum absolute atomic E-state index is 0.109. The van der Waals surface area contributed by atoms with E-state index in [1.807, 2.05) is 0 Å². The van der Waals surface area contributed by atoms with Gasteiger partial charge < -0.3 is 10.8 Å². The molecule has 0 spiro atoms. The topological polar surface area (TPSA) is 106 Å². The lowest BCUT2D eigenvalue weighted by molar-refractivity contribution is -0.384. The van der Waals surface area contributed by atoms with E-state index in [1.54, 1.807) is 12.2 Å². The summed E-state index contributed by atoms with van der Waals surface area (Å²) in [5, 5.41) is 20.3. The van der Waals surface area contributed by atoms with Crippen molar-refractivity contribution in [2.24, 2.45) is 5.73 Å². The summed E-state index contributed by atoms with van der Waals surface area (Å²) in [4.78, 5) is 22.3. The Morgan fingerprint density at radius 2 is 1.95 bits per heavy atom. The monoisotopic (exact) mass is 260 g/mol. The number of non-ortho nitro benzene ring substituents is 1. The molecule has 0 amide bonds. The smallest absolute Gasteiger partial charge is 0.269 e. The minimum Gasteiger partial charge on any atom is -0.386 e. The first-order valence-electron chi connectivity index (χ1n) is 5.57. The zero-order valence-corrected chi connectivity index (χ0v) is 9.89. The van der Waals surface area contributed by atoms with Crippen molar-refractivity contribution < 1.29 is 14.8 Å². The zero-order chi connectivity index (χ0) is 14.0. The second-order valence-electron chi connectivity index (χ2n) is 4.25. The molecule has 0 fully saturated rings. The van der Waals surface area contributed by atoms with Gasteiger partial charge in [0.2, 0.25) is 0 Å². The van der Waals surface area contributed by atoms with Gasteiger partial charge in [-0.3, -0.25) is 14.9 Å². The predicted molar refractivity (Wildman–Crippen MR) is 68.6 cm³/mol. The number of benzene rings is 1. The molecule has 6 heteroatoms. The Morgan fingerprint density at radius 1 is 1.32 bits per heavy atom. The maximum atomic E-state index is 12.3. The van der Waals surface area contributed by atoms with Gasteiger partial charge in [-0.05, 0) is 12.1 Å². The summed E-state index contributed by atoms with van der Waals surface area (Å²) < 4.78 is 0. The summed E-state index contributed by atoms with van der Waals surface area (Å²) >= 11 is 0. The van der Waals surface area contributed by atoms with Crippen LogP contribution in [0.3, 0.4) is 0 Å². The average molecular weight is 260 g/mol. The molecule has 1 aliphatic carbocycles. The van der Waals surface area contributed by atoms with Gasteiger partial charge in [0, 0.05) is 17.7 Å². The van der Waals surface area contributed by atoms with Gasteiger partial charge in [-0.15, -0.1) is 0 Å². The van der Waals surface area contributed by atoms with E-state index in [4.69, 9.17) is 5.73 Å². The second-order valence-corrected chi connectivity index (χ2v) is 4.25. The van der Waals surface area contributed by atoms with E-state index >= 15 is 0 Å². The first kappa shape index (κ1) is 13.1. The molecule has 0 aliphatic heterocycles. The number of aliphatic hydroxyl groups excluding tert-OH is 1. The molecule has 0 saturated carbocycles. The molecular weight excluding hydrogens is 248 g/mol. The molecule has 19 heavy (non-hydrogen) atoms. The highest BCUT2D eigenvalue weighted by atomic mass is 16.6. The number of nitro benzene ring substituents is 1. The number of carbonyl (C=O) groups is 1. The molecule has 3 N–H and O–H groups in total. The Bertz CT molecular complexity index is 577. The van der Waals surface area contributed by atoms with E-state index in [-0.39, 0.29) is 11.3 Å². The number of allylic oxidation sites excluding steroid dienone is 2. The number of nitrogens with zero attached hydrogens (tertiary/aromatic N) is 1. The van der Waals surface area contributed by atoms with E-state index in [2.05, 4.69) is 0 Å². The van der Waals surface area contributed by atoms with Gasteiger partial charge in [0.25, 0.3) is 5.69 Å². The molecule has 1 aromatic rings. The van der Waals surface area contributed by atoms with E-state index in [9.17, 15) is 20.0 Å². The summed E-state index contributed by atoms with van der Waals surface area (Å²) in [7, 11) is 0. The SMILES string of the molecule is NC1(C(=O)c2ccc([N+](=O)[O-])cc2)C=CC=CC1O. The van der Waals surface area contributed by atoms with Crippen molar-refractivity contribution >= 4 is 11.5 Å². The van der Waals surface area contributed by atoms with Crippen molar-refractivity contribution in [1.29, 1.82) is 0 Å². The maximum absolute atomic E-state index is 12.3. The fourth-order valence-electron chi connectivity index (χ4n) is 1.84. The van der Waals surface area contributed by atoms with Crippen molar-refractivity contribution in [1.82, 2.24) is 0 Å². The van der Waals surface area contributed by atoms with Crippen molar-refractivity contribution in [3.8, 4) is 0 Å². The number of aliphatic hydroxyl groups is 1. The van der Waals surface area contributed by atoms with Crippen LogP contribution in [0.5, 0.6) is 0 Å². The van der Waals surface area contributed by atoms with Crippen LogP contribution in [-0.2, 0) is 0 Å². The van der Waals surface area contributed by atoms with Gasteiger partial charge in [-0.1, -0.05) is 24.3 Å². The van der Waals surface area contributed by atoms with Crippen LogP contribution in [-0.4, -0.2) is 27.5 Å². The van der Waals surface area contributed by atoms with E-state index < -0.39 is 22.3 Å². The largest absolute Gasteiger partial charge is 0.386 e. The van der Waals surface area contributed by atoms with Crippen LogP contribution in [0.2, 0.25) is 0 Å². The molecular formula is C13H12N2O4. The molecule has 0 radical (unpaired) electrons. The van der Waals surface area contributed by atoms with Crippen LogP contribution in [0.15, 0.2) is 48.6 Å². The van der Waals surface area contributed by atoms with E-state index in [1.165, 1.54) is 36.4 Å². The summed E-state index contributed by atoms with van der Waals surface area (Å²) in [5.41, 5.74) is 4.47. The lowest BCUT2D eigenvalue weighted by atomic mass is 9.82. The van der Waals surface area contributed by atoms with Gasteiger partial charge in [0.1, 0.15) is 11.6 Å². The lowest BCUT2D eigenvalue weighted by Gasteiger charge is -2.29. The third kappa shape index (κ3) is 2.31. The fourth-order valence-corrected chi connectivity index (χ4v) is 1.84. The molecule has 0 bridgehead atoms. The Kier molecular flexibility index (Phi) is 3.28. The first-order chi connectivity index (χ1) is 8.95. The number of nitrogens with two attached hydrogens (primary N) is 1. The number of hydrogen-bond donors (Lipinski definition) is 2. The van der Waals surface area contributed by atoms with Gasteiger partial charge in [0.15, 0.2) is 5.78 Å². The summed E-state index contributed by atoms with van der Waals surface area (Å²) in [6.45, 7) is 0. The van der Waals surface area contributed by atoms with Gasteiger partial charge in [-0.25, -0.2) is 0 Å².